The molecule has 7 nitrogen and oxygen atoms in total. The van der Waals surface area contributed by atoms with Gasteiger partial charge in [0.2, 0.25) is 5.91 Å². The molecule has 0 unspecified atom stereocenters. The van der Waals surface area contributed by atoms with Crippen LogP contribution in [0.15, 0.2) is 48.5 Å². The summed E-state index contributed by atoms with van der Waals surface area (Å²) in [5.41, 5.74) is 2.64. The maximum Gasteiger partial charge on any atom is 0.344 e. The van der Waals surface area contributed by atoms with Crippen molar-refractivity contribution in [3.8, 4) is 5.75 Å². The highest BCUT2D eigenvalue weighted by atomic mass is 16.6. The van der Waals surface area contributed by atoms with Gasteiger partial charge in [0.1, 0.15) is 5.75 Å². The van der Waals surface area contributed by atoms with E-state index < -0.39 is 11.9 Å². The minimum atomic E-state index is -0.642. The Bertz CT molecular complexity index is 930. The van der Waals surface area contributed by atoms with E-state index >= 15 is 0 Å². The van der Waals surface area contributed by atoms with Crippen LogP contribution in [0.25, 0.3) is 0 Å². The number of carbonyl (C=O) groups is 3. The molecule has 2 amide bonds. The quantitative estimate of drug-likeness (QED) is 0.686. The number of amides is 2. The van der Waals surface area contributed by atoms with Crippen molar-refractivity contribution in [3.05, 3.63) is 54.1 Å². The number of anilines is 2. The number of esters is 1. The van der Waals surface area contributed by atoms with Crippen molar-refractivity contribution in [2.75, 3.05) is 30.0 Å². The SMILES string of the molecule is CC(C)(C)c1ccc(NC(=O)COC(=O)COc2ccc(N3CCCC3=O)cc2)cc1. The highest BCUT2D eigenvalue weighted by molar-refractivity contribution is 5.95. The second-order valence-electron chi connectivity index (χ2n) is 8.47. The van der Waals surface area contributed by atoms with Crippen LogP contribution >= 0.6 is 0 Å². The Labute approximate surface area is 182 Å². The van der Waals surface area contributed by atoms with Crippen LogP contribution in [0.3, 0.4) is 0 Å². The highest BCUT2D eigenvalue weighted by Gasteiger charge is 2.21. The number of nitrogens with zero attached hydrogens (tertiary/aromatic N) is 1. The number of hydrogen-bond donors (Lipinski definition) is 1. The predicted octanol–water partition coefficient (Wildman–Crippen LogP) is 3.67. The fourth-order valence-corrected chi connectivity index (χ4v) is 3.22. The lowest BCUT2D eigenvalue weighted by Gasteiger charge is -2.19. The van der Waals surface area contributed by atoms with E-state index in [9.17, 15) is 14.4 Å². The number of benzene rings is 2. The monoisotopic (exact) mass is 424 g/mol. The van der Waals surface area contributed by atoms with Crippen LogP contribution in [-0.2, 0) is 24.5 Å². The molecule has 2 aromatic carbocycles. The number of nitrogens with one attached hydrogen (secondary N) is 1. The Kier molecular flexibility index (Phi) is 6.95. The molecule has 0 atom stereocenters. The molecule has 0 bridgehead atoms. The van der Waals surface area contributed by atoms with E-state index in [0.717, 1.165) is 17.7 Å². The molecule has 1 heterocycles. The van der Waals surface area contributed by atoms with E-state index in [1.54, 1.807) is 29.2 Å². The van der Waals surface area contributed by atoms with Crippen molar-refractivity contribution in [2.24, 2.45) is 0 Å². The molecule has 0 saturated carbocycles. The molecule has 1 saturated heterocycles. The molecule has 31 heavy (non-hydrogen) atoms. The summed E-state index contributed by atoms with van der Waals surface area (Å²) in [4.78, 5) is 37.4. The number of ether oxygens (including phenoxy) is 2. The summed E-state index contributed by atoms with van der Waals surface area (Å²) in [5, 5.41) is 2.70. The van der Waals surface area contributed by atoms with Gasteiger partial charge in [0.05, 0.1) is 0 Å². The van der Waals surface area contributed by atoms with Gasteiger partial charge in [-0.15, -0.1) is 0 Å². The van der Waals surface area contributed by atoms with Gasteiger partial charge in [0.25, 0.3) is 5.91 Å². The second kappa shape index (κ2) is 9.64. The maximum atomic E-state index is 12.0. The van der Waals surface area contributed by atoms with Crippen molar-refractivity contribution in [1.29, 1.82) is 0 Å². The fourth-order valence-electron chi connectivity index (χ4n) is 3.22. The number of rotatable bonds is 7. The zero-order valence-corrected chi connectivity index (χ0v) is 18.1. The molecule has 0 aliphatic carbocycles. The molecule has 3 rings (SSSR count). The van der Waals surface area contributed by atoms with Gasteiger partial charge in [-0.1, -0.05) is 32.9 Å². The molecule has 164 valence electrons. The van der Waals surface area contributed by atoms with Gasteiger partial charge in [-0.2, -0.15) is 0 Å². The minimum absolute atomic E-state index is 0.0317. The van der Waals surface area contributed by atoms with Crippen LogP contribution in [0, 0.1) is 0 Å². The summed E-state index contributed by atoms with van der Waals surface area (Å²) in [6.07, 6.45) is 1.43. The second-order valence-corrected chi connectivity index (χ2v) is 8.47. The van der Waals surface area contributed by atoms with Gasteiger partial charge < -0.3 is 19.7 Å². The van der Waals surface area contributed by atoms with E-state index in [4.69, 9.17) is 9.47 Å². The van der Waals surface area contributed by atoms with Gasteiger partial charge in [-0.05, 0) is 53.8 Å². The van der Waals surface area contributed by atoms with Gasteiger partial charge in [-0.25, -0.2) is 4.79 Å². The zero-order chi connectivity index (χ0) is 22.4. The lowest BCUT2D eigenvalue weighted by molar-refractivity contribution is -0.149. The Morgan fingerprint density at radius 1 is 1.00 bits per heavy atom. The molecule has 1 fully saturated rings. The summed E-state index contributed by atoms with van der Waals surface area (Å²) in [6, 6.07) is 14.5. The third-order valence-corrected chi connectivity index (χ3v) is 4.98. The van der Waals surface area contributed by atoms with Crippen molar-refractivity contribution in [3.63, 3.8) is 0 Å². The van der Waals surface area contributed by atoms with Gasteiger partial charge in [0, 0.05) is 24.3 Å². The van der Waals surface area contributed by atoms with E-state index in [0.29, 0.717) is 24.4 Å². The van der Waals surface area contributed by atoms with E-state index in [1.807, 2.05) is 24.3 Å². The molecule has 1 N–H and O–H groups in total. The molecule has 0 aromatic heterocycles. The third-order valence-electron chi connectivity index (χ3n) is 4.98. The molecule has 0 spiro atoms. The van der Waals surface area contributed by atoms with Crippen molar-refractivity contribution in [2.45, 2.75) is 39.0 Å². The first-order chi connectivity index (χ1) is 14.7. The Morgan fingerprint density at radius 2 is 1.68 bits per heavy atom. The summed E-state index contributed by atoms with van der Waals surface area (Å²) >= 11 is 0. The maximum absolute atomic E-state index is 12.0. The standard InChI is InChI=1S/C24H28N2O5/c1-24(2,3)17-6-8-18(9-7-17)25-21(27)15-31-23(29)16-30-20-12-10-19(11-13-20)26-14-4-5-22(26)28/h6-13H,4-5,14-16H2,1-3H3,(H,25,27). The van der Waals surface area contributed by atoms with Crippen LogP contribution in [0.5, 0.6) is 5.75 Å². The molecule has 7 heteroatoms. The van der Waals surface area contributed by atoms with Crippen molar-refractivity contribution >= 4 is 29.2 Å². The first-order valence-electron chi connectivity index (χ1n) is 10.3. The molecule has 0 radical (unpaired) electrons. The first-order valence-corrected chi connectivity index (χ1v) is 10.3. The normalized spacial score (nSPS) is 13.8. The Morgan fingerprint density at radius 3 is 2.26 bits per heavy atom. The Balaban J connectivity index is 1.39. The Hall–Kier alpha value is -3.35. The van der Waals surface area contributed by atoms with Crippen LogP contribution in [0.1, 0.15) is 39.2 Å². The number of carbonyl (C=O) groups excluding carboxylic acids is 3. The lowest BCUT2D eigenvalue weighted by atomic mass is 9.87. The van der Waals surface area contributed by atoms with E-state index in [1.165, 1.54) is 0 Å². The van der Waals surface area contributed by atoms with E-state index in [-0.39, 0.29) is 24.5 Å². The highest BCUT2D eigenvalue weighted by Crippen LogP contribution is 2.24. The van der Waals surface area contributed by atoms with Gasteiger partial charge >= 0.3 is 5.97 Å². The minimum Gasteiger partial charge on any atom is -0.482 e. The average molecular weight is 424 g/mol. The van der Waals surface area contributed by atoms with Gasteiger partial charge in [-0.3, -0.25) is 9.59 Å². The summed E-state index contributed by atoms with van der Waals surface area (Å²) in [6.45, 7) is 6.36. The topological polar surface area (TPSA) is 84.9 Å². The summed E-state index contributed by atoms with van der Waals surface area (Å²) < 4.78 is 10.4. The first kappa shape index (κ1) is 22.3. The van der Waals surface area contributed by atoms with E-state index in [2.05, 4.69) is 26.1 Å². The van der Waals surface area contributed by atoms with Crippen molar-refractivity contribution in [1.82, 2.24) is 0 Å². The average Bonchev–Trinajstić information content (AvgIpc) is 3.17. The summed E-state index contributed by atoms with van der Waals surface area (Å²) in [5.74, 6) is -0.468. The van der Waals surface area contributed by atoms with Crippen LogP contribution in [0.2, 0.25) is 0 Å². The smallest absolute Gasteiger partial charge is 0.344 e. The molecule has 1 aliphatic heterocycles. The van der Waals surface area contributed by atoms with Crippen molar-refractivity contribution < 1.29 is 23.9 Å². The molecule has 2 aromatic rings. The van der Waals surface area contributed by atoms with Crippen LogP contribution in [-0.4, -0.2) is 37.5 Å². The largest absolute Gasteiger partial charge is 0.482 e. The fraction of sp³-hybridized carbons (Fsp3) is 0.375. The third kappa shape index (κ3) is 6.31. The zero-order valence-electron chi connectivity index (χ0n) is 18.1. The molecule has 1 aliphatic rings. The molecular formula is C24H28N2O5. The van der Waals surface area contributed by atoms with Crippen LogP contribution < -0.4 is 15.0 Å². The number of hydrogen-bond acceptors (Lipinski definition) is 5. The van der Waals surface area contributed by atoms with Gasteiger partial charge in [0.15, 0.2) is 13.2 Å². The predicted molar refractivity (Wildman–Crippen MR) is 118 cm³/mol. The summed E-state index contributed by atoms with van der Waals surface area (Å²) in [7, 11) is 0. The van der Waals surface area contributed by atoms with Crippen LogP contribution in [0.4, 0.5) is 11.4 Å². The lowest BCUT2D eigenvalue weighted by Crippen LogP contribution is -2.24. The molecular weight excluding hydrogens is 396 g/mol.